The van der Waals surface area contributed by atoms with Gasteiger partial charge in [-0.15, -0.1) is 0 Å². The molecule has 2 aromatic carbocycles. The number of amides is 1. The van der Waals surface area contributed by atoms with Crippen molar-refractivity contribution in [2.75, 3.05) is 46.3 Å². The van der Waals surface area contributed by atoms with Crippen molar-refractivity contribution < 1.29 is 19.0 Å². The Labute approximate surface area is 193 Å². The van der Waals surface area contributed by atoms with E-state index in [2.05, 4.69) is 15.5 Å². The highest BCUT2D eigenvalue weighted by atomic mass is 16.5. The Hall–Kier alpha value is -3.52. The number of likely N-dealkylation sites (N-methyl/N-ethyl adjacent to an activating group) is 1. The summed E-state index contributed by atoms with van der Waals surface area (Å²) in [5.74, 6) is 2.31. The number of hydrogen-bond acceptors (Lipinski definition) is 6. The zero-order valence-corrected chi connectivity index (χ0v) is 19.3. The SMILES string of the molecule is COc1ccc2c(c1)C[C@@H](CC(=O)Nc1ccc(-c3cn[nH]c3)cc1OCCN(C)C)CO2. The smallest absolute Gasteiger partial charge is 0.224 e. The predicted octanol–water partition coefficient (Wildman–Crippen LogP) is 3.61. The maximum atomic E-state index is 12.9. The molecule has 2 N–H and O–H groups in total. The lowest BCUT2D eigenvalue weighted by molar-refractivity contribution is -0.117. The molecule has 0 saturated heterocycles. The molecular formula is C25H30N4O4. The van der Waals surface area contributed by atoms with Gasteiger partial charge in [-0.3, -0.25) is 9.89 Å². The van der Waals surface area contributed by atoms with Crippen molar-refractivity contribution in [2.24, 2.45) is 5.92 Å². The van der Waals surface area contributed by atoms with Crippen molar-refractivity contribution in [3.63, 3.8) is 0 Å². The van der Waals surface area contributed by atoms with Crippen LogP contribution in [0, 0.1) is 5.92 Å². The summed E-state index contributed by atoms with van der Waals surface area (Å²) >= 11 is 0. The summed E-state index contributed by atoms with van der Waals surface area (Å²) in [6.07, 6.45) is 4.71. The third-order valence-electron chi connectivity index (χ3n) is 5.61. The molecule has 3 aromatic rings. The van der Waals surface area contributed by atoms with Crippen LogP contribution in [0.2, 0.25) is 0 Å². The zero-order chi connectivity index (χ0) is 23.2. The van der Waals surface area contributed by atoms with Crippen LogP contribution >= 0.6 is 0 Å². The molecule has 0 spiro atoms. The highest BCUT2D eigenvalue weighted by Gasteiger charge is 2.23. The summed E-state index contributed by atoms with van der Waals surface area (Å²) in [6, 6.07) is 11.5. The molecule has 174 valence electrons. The molecular weight excluding hydrogens is 420 g/mol. The van der Waals surface area contributed by atoms with E-state index < -0.39 is 0 Å². The van der Waals surface area contributed by atoms with Gasteiger partial charge in [-0.2, -0.15) is 5.10 Å². The number of benzene rings is 2. The van der Waals surface area contributed by atoms with Gasteiger partial charge in [-0.05, 0) is 62.0 Å². The molecule has 0 aliphatic carbocycles. The van der Waals surface area contributed by atoms with Crippen LogP contribution in [0.15, 0.2) is 48.8 Å². The third kappa shape index (κ3) is 5.84. The molecule has 0 radical (unpaired) electrons. The van der Waals surface area contributed by atoms with Gasteiger partial charge < -0.3 is 24.4 Å². The quantitative estimate of drug-likeness (QED) is 0.518. The summed E-state index contributed by atoms with van der Waals surface area (Å²) in [7, 11) is 5.63. The van der Waals surface area contributed by atoms with Gasteiger partial charge in [0, 0.05) is 30.6 Å². The molecule has 1 aliphatic rings. The molecule has 2 heterocycles. The van der Waals surface area contributed by atoms with Crippen LogP contribution in [0.5, 0.6) is 17.2 Å². The summed E-state index contributed by atoms with van der Waals surface area (Å²) in [5.41, 5.74) is 3.65. The van der Waals surface area contributed by atoms with E-state index in [1.54, 1.807) is 13.3 Å². The number of carbonyl (C=O) groups excluding carboxylic acids is 1. The second-order valence-electron chi connectivity index (χ2n) is 8.46. The van der Waals surface area contributed by atoms with Crippen LogP contribution in [-0.4, -0.2) is 62.0 Å². The number of ether oxygens (including phenoxy) is 3. The van der Waals surface area contributed by atoms with E-state index in [1.165, 1.54) is 0 Å². The van der Waals surface area contributed by atoms with E-state index in [1.807, 2.05) is 61.6 Å². The lowest BCUT2D eigenvalue weighted by atomic mass is 9.93. The summed E-state index contributed by atoms with van der Waals surface area (Å²) in [6.45, 7) is 1.80. The number of rotatable bonds is 9. The fraction of sp³-hybridized carbons (Fsp3) is 0.360. The minimum Gasteiger partial charge on any atom is -0.497 e. The standard InChI is InChI=1S/C25H30N4O4/c1-29(2)8-9-32-24-13-18(20-14-26-27-15-20)4-6-22(24)28-25(30)11-17-10-19-12-21(31-3)5-7-23(19)33-16-17/h4-7,12-15,17H,8-11,16H2,1-3H3,(H,26,27)(H,28,30)/t17-/m0/s1. The van der Waals surface area contributed by atoms with Gasteiger partial charge in [0.15, 0.2) is 0 Å². The minimum atomic E-state index is -0.0662. The average molecular weight is 451 g/mol. The molecule has 1 amide bonds. The number of anilines is 1. The van der Waals surface area contributed by atoms with Crippen molar-refractivity contribution in [3.05, 3.63) is 54.4 Å². The first-order valence-corrected chi connectivity index (χ1v) is 11.0. The molecule has 0 bridgehead atoms. The minimum absolute atomic E-state index is 0.0662. The molecule has 1 aliphatic heterocycles. The highest BCUT2D eigenvalue weighted by molar-refractivity contribution is 5.93. The van der Waals surface area contributed by atoms with Gasteiger partial charge >= 0.3 is 0 Å². The van der Waals surface area contributed by atoms with Crippen molar-refractivity contribution in [1.29, 1.82) is 0 Å². The van der Waals surface area contributed by atoms with Crippen molar-refractivity contribution in [3.8, 4) is 28.4 Å². The number of carbonyl (C=O) groups is 1. The number of hydrogen-bond donors (Lipinski definition) is 2. The maximum absolute atomic E-state index is 12.9. The van der Waals surface area contributed by atoms with Gasteiger partial charge in [0.2, 0.25) is 5.91 Å². The van der Waals surface area contributed by atoms with E-state index >= 15 is 0 Å². The number of methoxy groups -OCH3 is 1. The van der Waals surface area contributed by atoms with Crippen LogP contribution in [0.4, 0.5) is 5.69 Å². The molecule has 1 atom stereocenters. The number of aromatic nitrogens is 2. The Morgan fingerprint density at radius 1 is 1.24 bits per heavy atom. The van der Waals surface area contributed by atoms with Gasteiger partial charge in [0.1, 0.15) is 23.9 Å². The maximum Gasteiger partial charge on any atom is 0.224 e. The lowest BCUT2D eigenvalue weighted by Crippen LogP contribution is -2.26. The molecule has 0 unspecified atom stereocenters. The fourth-order valence-corrected chi connectivity index (χ4v) is 3.83. The highest BCUT2D eigenvalue weighted by Crippen LogP contribution is 2.33. The Morgan fingerprint density at radius 3 is 2.88 bits per heavy atom. The van der Waals surface area contributed by atoms with Crippen LogP contribution in [-0.2, 0) is 11.2 Å². The first kappa shape index (κ1) is 22.7. The second-order valence-corrected chi connectivity index (χ2v) is 8.46. The molecule has 8 nitrogen and oxygen atoms in total. The molecule has 0 saturated carbocycles. The first-order valence-electron chi connectivity index (χ1n) is 11.0. The van der Waals surface area contributed by atoms with Crippen LogP contribution in [0.25, 0.3) is 11.1 Å². The van der Waals surface area contributed by atoms with E-state index in [0.29, 0.717) is 31.1 Å². The first-order chi connectivity index (χ1) is 16.0. The van der Waals surface area contributed by atoms with Crippen LogP contribution in [0.1, 0.15) is 12.0 Å². The topological polar surface area (TPSA) is 88.7 Å². The lowest BCUT2D eigenvalue weighted by Gasteiger charge is -2.25. The average Bonchev–Trinajstić information content (AvgIpc) is 3.34. The number of H-pyrrole nitrogens is 1. The predicted molar refractivity (Wildman–Crippen MR) is 127 cm³/mol. The van der Waals surface area contributed by atoms with Crippen molar-refractivity contribution >= 4 is 11.6 Å². The Morgan fingerprint density at radius 2 is 2.12 bits per heavy atom. The number of nitrogens with zero attached hydrogens (tertiary/aromatic N) is 2. The monoisotopic (exact) mass is 450 g/mol. The van der Waals surface area contributed by atoms with Crippen LogP contribution < -0.4 is 19.5 Å². The number of fused-ring (bicyclic) bond motifs is 1. The Bertz CT molecular complexity index is 1080. The largest absolute Gasteiger partial charge is 0.497 e. The van der Waals surface area contributed by atoms with Crippen molar-refractivity contribution in [2.45, 2.75) is 12.8 Å². The molecule has 0 fully saturated rings. The van der Waals surface area contributed by atoms with Gasteiger partial charge in [-0.25, -0.2) is 0 Å². The summed E-state index contributed by atoms with van der Waals surface area (Å²) in [4.78, 5) is 14.9. The molecule has 33 heavy (non-hydrogen) atoms. The second kappa shape index (κ2) is 10.4. The van der Waals surface area contributed by atoms with Crippen molar-refractivity contribution in [1.82, 2.24) is 15.1 Å². The Kier molecular flexibility index (Phi) is 7.14. The fourth-order valence-electron chi connectivity index (χ4n) is 3.83. The third-order valence-corrected chi connectivity index (χ3v) is 5.61. The normalized spacial score (nSPS) is 15.0. The van der Waals surface area contributed by atoms with Gasteiger partial charge in [0.25, 0.3) is 0 Å². The van der Waals surface area contributed by atoms with Gasteiger partial charge in [0.05, 0.1) is 25.6 Å². The zero-order valence-electron chi connectivity index (χ0n) is 19.3. The molecule has 4 rings (SSSR count). The van der Waals surface area contributed by atoms with Crippen LogP contribution in [0.3, 0.4) is 0 Å². The van der Waals surface area contributed by atoms with E-state index in [-0.39, 0.29) is 11.8 Å². The number of aromatic amines is 1. The molecule has 8 heteroatoms. The number of nitrogens with one attached hydrogen (secondary N) is 2. The van der Waals surface area contributed by atoms with Gasteiger partial charge in [-0.1, -0.05) is 6.07 Å². The Balaban J connectivity index is 1.44. The van der Waals surface area contributed by atoms with E-state index in [4.69, 9.17) is 14.2 Å². The van der Waals surface area contributed by atoms with E-state index in [0.717, 1.165) is 41.2 Å². The summed E-state index contributed by atoms with van der Waals surface area (Å²) < 4.78 is 17.2. The molecule has 1 aromatic heterocycles. The van der Waals surface area contributed by atoms with E-state index in [9.17, 15) is 4.79 Å². The summed E-state index contributed by atoms with van der Waals surface area (Å²) in [5, 5.41) is 9.87.